The van der Waals surface area contributed by atoms with E-state index in [1.165, 1.54) is 15.3 Å². The van der Waals surface area contributed by atoms with Gasteiger partial charge in [0, 0.05) is 5.39 Å². The molecule has 2 aromatic heterocycles. The summed E-state index contributed by atoms with van der Waals surface area (Å²) in [7, 11) is -3.81. The smallest absolute Gasteiger partial charge is 0.232 e. The van der Waals surface area contributed by atoms with Crippen LogP contribution in [0.4, 0.5) is 0 Å². The van der Waals surface area contributed by atoms with Crippen molar-refractivity contribution in [2.75, 3.05) is 0 Å². The highest BCUT2D eigenvalue weighted by Gasteiger charge is 2.23. The van der Waals surface area contributed by atoms with Crippen LogP contribution < -0.4 is 0 Å². The molecule has 0 spiro atoms. The Morgan fingerprint density at radius 2 is 1.75 bits per heavy atom. The third-order valence-corrected chi connectivity index (χ3v) is 6.50. The van der Waals surface area contributed by atoms with Crippen molar-refractivity contribution in [2.24, 2.45) is 0 Å². The molecule has 0 atom stereocenters. The van der Waals surface area contributed by atoms with Gasteiger partial charge in [-0.3, -0.25) is 0 Å². The number of fused-ring (bicyclic) bond motifs is 1. The Morgan fingerprint density at radius 3 is 2.46 bits per heavy atom. The fraction of sp³-hybridized carbons (Fsp3) is 0.0526. The number of hydrogen-bond donors (Lipinski definition) is 0. The fourth-order valence-corrected chi connectivity index (χ4v) is 4.96. The van der Waals surface area contributed by atoms with E-state index in [0.717, 1.165) is 10.4 Å². The standard InChI is InChI=1S/C19H15NO2S2/c1-14-8-10-16(11-9-14)24(21,22)20-17-6-3-2-5-15(17)13-18(20)19-7-4-12-23-19/h2-13H,1H3/i13D. The molecular weight excluding hydrogens is 338 g/mol. The predicted octanol–water partition coefficient (Wildman–Crippen LogP) is 4.92. The van der Waals surface area contributed by atoms with Gasteiger partial charge < -0.3 is 0 Å². The summed E-state index contributed by atoms with van der Waals surface area (Å²) >= 11 is 1.43. The molecule has 0 fully saturated rings. The van der Waals surface area contributed by atoms with Crippen LogP contribution in [0.25, 0.3) is 21.5 Å². The van der Waals surface area contributed by atoms with Crippen molar-refractivity contribution in [3.8, 4) is 10.6 Å². The second kappa shape index (κ2) is 5.61. The molecule has 120 valence electrons. The molecule has 0 aliphatic heterocycles. The minimum Gasteiger partial charge on any atom is -0.232 e. The number of rotatable bonds is 3. The van der Waals surface area contributed by atoms with E-state index in [1.54, 1.807) is 42.5 Å². The first-order valence-electron chi connectivity index (χ1n) is 7.96. The second-order valence-corrected chi connectivity index (χ2v) is 8.28. The lowest BCUT2D eigenvalue weighted by molar-refractivity contribution is 0.589. The average molecular weight is 354 g/mol. The molecule has 0 amide bonds. The number of aryl methyl sites for hydroxylation is 1. The predicted molar refractivity (Wildman–Crippen MR) is 99.0 cm³/mol. The maximum Gasteiger partial charge on any atom is 0.268 e. The second-order valence-electron chi connectivity index (χ2n) is 5.55. The molecule has 0 aliphatic rings. The van der Waals surface area contributed by atoms with Gasteiger partial charge in [-0.2, -0.15) is 0 Å². The monoisotopic (exact) mass is 354 g/mol. The normalized spacial score (nSPS) is 12.5. The van der Waals surface area contributed by atoms with Gasteiger partial charge in [0.25, 0.3) is 10.0 Å². The summed E-state index contributed by atoms with van der Waals surface area (Å²) in [5.74, 6) is 0. The third kappa shape index (κ3) is 2.37. The van der Waals surface area contributed by atoms with Crippen molar-refractivity contribution in [1.29, 1.82) is 0 Å². The molecule has 0 saturated carbocycles. The summed E-state index contributed by atoms with van der Waals surface area (Å²) in [6, 6.07) is 17.9. The zero-order valence-corrected chi connectivity index (χ0v) is 14.6. The molecule has 0 radical (unpaired) electrons. The molecule has 4 aromatic rings. The van der Waals surface area contributed by atoms with E-state index in [2.05, 4.69) is 0 Å². The van der Waals surface area contributed by atoms with Gasteiger partial charge in [0.15, 0.2) is 0 Å². The van der Waals surface area contributed by atoms with Crippen LogP contribution in [0, 0.1) is 6.92 Å². The molecule has 5 heteroatoms. The third-order valence-electron chi connectivity index (χ3n) is 3.89. The highest BCUT2D eigenvalue weighted by atomic mass is 32.2. The maximum atomic E-state index is 13.4. The first-order chi connectivity index (χ1) is 12.0. The lowest BCUT2D eigenvalue weighted by Crippen LogP contribution is -2.13. The molecule has 4 rings (SSSR count). The molecule has 0 N–H and O–H groups in total. The SMILES string of the molecule is [2H]c1c(-c2cccs2)n(S(=O)(=O)c2ccc(C)cc2)c2ccccc12. The lowest BCUT2D eigenvalue weighted by Gasteiger charge is -2.11. The van der Waals surface area contributed by atoms with E-state index in [4.69, 9.17) is 1.37 Å². The first kappa shape index (κ1) is 14.0. The van der Waals surface area contributed by atoms with Gasteiger partial charge in [-0.15, -0.1) is 11.3 Å². The van der Waals surface area contributed by atoms with Crippen LogP contribution in [-0.4, -0.2) is 12.4 Å². The number of benzene rings is 2. The first-order valence-corrected chi connectivity index (χ1v) is 9.78. The van der Waals surface area contributed by atoms with E-state index < -0.39 is 10.0 Å². The van der Waals surface area contributed by atoms with E-state index in [0.29, 0.717) is 16.6 Å². The Balaban J connectivity index is 2.10. The molecule has 0 saturated heterocycles. The summed E-state index contributed by atoms with van der Waals surface area (Å²) in [6.07, 6.45) is 0. The van der Waals surface area contributed by atoms with E-state index in [9.17, 15) is 8.42 Å². The Kier molecular flexibility index (Phi) is 3.28. The fourth-order valence-electron chi connectivity index (χ4n) is 2.70. The molecular formula is C19H15NO2S2. The van der Waals surface area contributed by atoms with Crippen LogP contribution in [0.2, 0.25) is 0 Å². The average Bonchev–Trinajstić information content (AvgIpc) is 3.22. The minimum atomic E-state index is -3.81. The van der Waals surface area contributed by atoms with Crippen LogP contribution in [-0.2, 0) is 10.0 Å². The molecule has 2 heterocycles. The van der Waals surface area contributed by atoms with Gasteiger partial charge in [0.05, 0.1) is 22.4 Å². The summed E-state index contributed by atoms with van der Waals surface area (Å²) in [6.45, 7) is 1.92. The van der Waals surface area contributed by atoms with Crippen molar-refractivity contribution in [3.63, 3.8) is 0 Å². The summed E-state index contributed by atoms with van der Waals surface area (Å²) < 4.78 is 36.6. The Hall–Kier alpha value is -2.37. The maximum absolute atomic E-state index is 13.4. The van der Waals surface area contributed by atoms with Crippen molar-refractivity contribution < 1.29 is 9.79 Å². The Labute approximate surface area is 146 Å². The molecule has 0 aliphatic carbocycles. The highest BCUT2D eigenvalue weighted by molar-refractivity contribution is 7.90. The van der Waals surface area contributed by atoms with Crippen molar-refractivity contribution in [3.05, 3.63) is 77.6 Å². The molecule has 2 aromatic carbocycles. The van der Waals surface area contributed by atoms with Crippen LogP contribution in [0.15, 0.2) is 77.0 Å². The van der Waals surface area contributed by atoms with Gasteiger partial charge in [-0.1, -0.05) is 42.0 Å². The van der Waals surface area contributed by atoms with Gasteiger partial charge in [-0.25, -0.2) is 12.4 Å². The minimum absolute atomic E-state index is 0.219. The van der Waals surface area contributed by atoms with Crippen LogP contribution in [0.1, 0.15) is 6.93 Å². The molecule has 3 nitrogen and oxygen atoms in total. The Bertz CT molecular complexity index is 1160. The molecule has 24 heavy (non-hydrogen) atoms. The highest BCUT2D eigenvalue weighted by Crippen LogP contribution is 2.34. The van der Waals surface area contributed by atoms with Crippen LogP contribution >= 0.6 is 11.3 Å². The number of nitrogens with zero attached hydrogens (tertiary/aromatic N) is 1. The van der Waals surface area contributed by atoms with Crippen LogP contribution in [0.3, 0.4) is 0 Å². The zero-order chi connectivity index (χ0) is 17.6. The van der Waals surface area contributed by atoms with Crippen molar-refractivity contribution in [2.45, 2.75) is 11.8 Å². The van der Waals surface area contributed by atoms with Gasteiger partial charge in [-0.05, 0) is 42.6 Å². The van der Waals surface area contributed by atoms with Gasteiger partial charge in [0.2, 0.25) is 0 Å². The number of aromatic nitrogens is 1. The number of thiophene rings is 1. The molecule has 0 unspecified atom stereocenters. The summed E-state index contributed by atoms with van der Waals surface area (Å²) in [5.41, 5.74) is 1.93. The summed E-state index contributed by atoms with van der Waals surface area (Å²) in [4.78, 5) is 0.980. The molecule has 0 bridgehead atoms. The summed E-state index contributed by atoms with van der Waals surface area (Å²) in [5, 5.41) is 2.51. The van der Waals surface area contributed by atoms with Gasteiger partial charge >= 0.3 is 0 Å². The quantitative estimate of drug-likeness (QED) is 0.524. The number of para-hydroxylation sites is 1. The number of hydrogen-bond acceptors (Lipinski definition) is 3. The van der Waals surface area contributed by atoms with Crippen molar-refractivity contribution in [1.82, 2.24) is 3.97 Å². The lowest BCUT2D eigenvalue weighted by atomic mass is 10.2. The Morgan fingerprint density at radius 1 is 1.00 bits per heavy atom. The largest absolute Gasteiger partial charge is 0.268 e. The van der Waals surface area contributed by atoms with Gasteiger partial charge in [0.1, 0.15) is 0 Å². The van der Waals surface area contributed by atoms with Crippen molar-refractivity contribution >= 4 is 32.3 Å². The topological polar surface area (TPSA) is 39.1 Å². The van der Waals surface area contributed by atoms with E-state index >= 15 is 0 Å². The zero-order valence-electron chi connectivity index (χ0n) is 13.9. The van der Waals surface area contributed by atoms with E-state index in [-0.39, 0.29) is 10.9 Å². The van der Waals surface area contributed by atoms with Crippen LogP contribution in [0.5, 0.6) is 0 Å². The van der Waals surface area contributed by atoms with E-state index in [1.807, 2.05) is 30.5 Å².